The van der Waals surface area contributed by atoms with E-state index in [1.54, 1.807) is 31.3 Å². The monoisotopic (exact) mass is 565 g/mol. The zero-order valence-electron chi connectivity index (χ0n) is 23.3. The van der Waals surface area contributed by atoms with Crippen molar-refractivity contribution in [1.29, 1.82) is 0 Å². The summed E-state index contributed by atoms with van der Waals surface area (Å²) in [5.41, 5.74) is 3.34. The quantitative estimate of drug-likeness (QED) is 0.223. The van der Waals surface area contributed by atoms with Gasteiger partial charge < -0.3 is 19.6 Å². The number of halogens is 1. The van der Waals surface area contributed by atoms with Crippen LogP contribution in [0.5, 0.6) is 0 Å². The fourth-order valence-electron chi connectivity index (χ4n) is 5.66. The number of carbonyl (C=O) groups excluding carboxylic acids is 2. The van der Waals surface area contributed by atoms with Crippen molar-refractivity contribution in [3.05, 3.63) is 108 Å². The van der Waals surface area contributed by atoms with Crippen molar-refractivity contribution in [1.82, 2.24) is 25.2 Å². The Bertz CT molecular complexity index is 1670. The standard InChI is InChI=1S/C33H32FN5O3/c1-21(32-35-20-27(38-32)24-12-5-6-13-25(24)34)36-33(41)23(18-30-37-26-14-7-8-16-29(26)42-30)19-31(40)39-17-9-15-28(39)22-10-3-2-4-11-22/h2-8,10-14,16,20-21,23,28H,9,15,17-19H2,1H3,(H,35,38)(H,36,41)/t21-,23-,28+/m0/s1. The highest BCUT2D eigenvalue weighted by Crippen LogP contribution is 2.33. The van der Waals surface area contributed by atoms with Crippen molar-refractivity contribution in [3.8, 4) is 11.3 Å². The molecule has 2 amide bonds. The highest BCUT2D eigenvalue weighted by atomic mass is 19.1. The Kier molecular flexibility index (Phi) is 7.81. The first-order valence-corrected chi connectivity index (χ1v) is 14.3. The molecule has 1 aliphatic rings. The maximum absolute atomic E-state index is 14.3. The lowest BCUT2D eigenvalue weighted by Crippen LogP contribution is -2.39. The van der Waals surface area contributed by atoms with Crippen LogP contribution in [0.3, 0.4) is 0 Å². The molecule has 214 valence electrons. The molecule has 1 aliphatic heterocycles. The Morgan fingerprint density at radius 2 is 1.83 bits per heavy atom. The number of H-pyrrole nitrogens is 1. The average Bonchev–Trinajstić information content (AvgIpc) is 3.77. The van der Waals surface area contributed by atoms with Gasteiger partial charge in [-0.05, 0) is 49.6 Å². The van der Waals surface area contributed by atoms with Crippen molar-refractivity contribution in [3.63, 3.8) is 0 Å². The van der Waals surface area contributed by atoms with Gasteiger partial charge in [-0.3, -0.25) is 9.59 Å². The number of hydrogen-bond donors (Lipinski definition) is 2. The Morgan fingerprint density at radius 3 is 2.64 bits per heavy atom. The molecule has 1 fully saturated rings. The first-order chi connectivity index (χ1) is 20.5. The van der Waals surface area contributed by atoms with Crippen LogP contribution in [0.2, 0.25) is 0 Å². The molecule has 3 aromatic carbocycles. The van der Waals surface area contributed by atoms with Gasteiger partial charge in [-0.15, -0.1) is 0 Å². The summed E-state index contributed by atoms with van der Waals surface area (Å²) in [4.78, 5) is 41.4. The molecule has 42 heavy (non-hydrogen) atoms. The minimum Gasteiger partial charge on any atom is -0.441 e. The Balaban J connectivity index is 1.21. The molecule has 0 radical (unpaired) electrons. The summed E-state index contributed by atoms with van der Waals surface area (Å²) in [5.74, 6) is -0.583. The molecule has 0 saturated carbocycles. The smallest absolute Gasteiger partial charge is 0.224 e. The van der Waals surface area contributed by atoms with Gasteiger partial charge in [0.05, 0.1) is 29.9 Å². The summed E-state index contributed by atoms with van der Waals surface area (Å²) >= 11 is 0. The number of carbonyl (C=O) groups is 2. The van der Waals surface area contributed by atoms with E-state index in [-0.39, 0.29) is 36.5 Å². The second-order valence-electron chi connectivity index (χ2n) is 10.7. The zero-order valence-corrected chi connectivity index (χ0v) is 23.3. The predicted molar refractivity (Wildman–Crippen MR) is 156 cm³/mol. The van der Waals surface area contributed by atoms with Crippen LogP contribution in [0.15, 0.2) is 89.5 Å². The third-order valence-electron chi connectivity index (χ3n) is 7.84. The molecule has 1 saturated heterocycles. The van der Waals surface area contributed by atoms with Crippen molar-refractivity contribution in [2.24, 2.45) is 5.92 Å². The molecule has 2 N–H and O–H groups in total. The van der Waals surface area contributed by atoms with Gasteiger partial charge in [0, 0.05) is 24.9 Å². The normalized spacial score (nSPS) is 16.4. The summed E-state index contributed by atoms with van der Waals surface area (Å²) < 4.78 is 20.2. The molecule has 0 bridgehead atoms. The number of amides is 2. The minimum absolute atomic E-state index is 0.00872. The molecule has 8 nitrogen and oxygen atoms in total. The number of aromatic nitrogens is 3. The predicted octanol–water partition coefficient (Wildman–Crippen LogP) is 6.15. The van der Waals surface area contributed by atoms with E-state index < -0.39 is 12.0 Å². The number of fused-ring (bicyclic) bond motifs is 1. The van der Waals surface area contributed by atoms with Crippen molar-refractivity contribution in [2.45, 2.75) is 44.7 Å². The first-order valence-electron chi connectivity index (χ1n) is 14.3. The van der Waals surface area contributed by atoms with E-state index in [2.05, 4.69) is 20.3 Å². The van der Waals surface area contributed by atoms with E-state index in [0.29, 0.717) is 40.6 Å². The van der Waals surface area contributed by atoms with Crippen molar-refractivity contribution < 1.29 is 18.4 Å². The number of imidazole rings is 1. The topological polar surface area (TPSA) is 104 Å². The molecule has 6 rings (SSSR count). The number of nitrogens with zero attached hydrogens (tertiary/aromatic N) is 3. The van der Waals surface area contributed by atoms with Gasteiger partial charge in [-0.2, -0.15) is 0 Å². The van der Waals surface area contributed by atoms with E-state index in [1.165, 1.54) is 6.07 Å². The van der Waals surface area contributed by atoms with Gasteiger partial charge in [0.15, 0.2) is 11.5 Å². The number of oxazole rings is 1. The lowest BCUT2D eigenvalue weighted by molar-refractivity contribution is -0.137. The molecule has 0 unspecified atom stereocenters. The van der Waals surface area contributed by atoms with Crippen molar-refractivity contribution >= 4 is 22.9 Å². The highest BCUT2D eigenvalue weighted by Gasteiger charge is 2.34. The molecule has 3 atom stereocenters. The van der Waals surface area contributed by atoms with Crippen LogP contribution < -0.4 is 5.32 Å². The van der Waals surface area contributed by atoms with Crippen molar-refractivity contribution in [2.75, 3.05) is 6.54 Å². The molecule has 5 aromatic rings. The average molecular weight is 566 g/mol. The fraction of sp³-hybridized carbons (Fsp3) is 0.273. The number of para-hydroxylation sites is 2. The molecule has 9 heteroatoms. The van der Waals surface area contributed by atoms with E-state index in [4.69, 9.17) is 4.42 Å². The van der Waals surface area contributed by atoms with Gasteiger partial charge in [-0.1, -0.05) is 54.6 Å². The summed E-state index contributed by atoms with van der Waals surface area (Å²) in [6, 6.07) is 23.3. The third-order valence-corrected chi connectivity index (χ3v) is 7.84. The largest absolute Gasteiger partial charge is 0.441 e. The summed E-state index contributed by atoms with van der Waals surface area (Å²) in [7, 11) is 0. The summed E-state index contributed by atoms with van der Waals surface area (Å²) in [5, 5.41) is 3.00. The van der Waals surface area contributed by atoms with E-state index in [9.17, 15) is 14.0 Å². The van der Waals surface area contributed by atoms with E-state index in [0.717, 1.165) is 18.4 Å². The molecular formula is C33H32FN5O3. The molecule has 0 aliphatic carbocycles. The van der Waals surface area contributed by atoms with Crippen LogP contribution in [-0.2, 0) is 16.0 Å². The number of nitrogens with one attached hydrogen (secondary N) is 2. The number of hydrogen-bond acceptors (Lipinski definition) is 5. The van der Waals surface area contributed by atoms with E-state index >= 15 is 0 Å². The van der Waals surface area contributed by atoms with Crippen LogP contribution in [0.4, 0.5) is 4.39 Å². The van der Waals surface area contributed by atoms with Crippen LogP contribution in [-0.4, -0.2) is 38.2 Å². The lowest BCUT2D eigenvalue weighted by Gasteiger charge is -2.27. The maximum atomic E-state index is 14.3. The maximum Gasteiger partial charge on any atom is 0.224 e. The van der Waals surface area contributed by atoms with Crippen LogP contribution in [0, 0.1) is 11.7 Å². The number of aromatic amines is 1. The van der Waals surface area contributed by atoms with Gasteiger partial charge in [0.2, 0.25) is 11.8 Å². The zero-order chi connectivity index (χ0) is 29.1. The highest BCUT2D eigenvalue weighted by molar-refractivity contribution is 5.86. The number of rotatable bonds is 9. The Labute approximate surface area is 243 Å². The van der Waals surface area contributed by atoms with Gasteiger partial charge >= 0.3 is 0 Å². The first kappa shape index (κ1) is 27.4. The second kappa shape index (κ2) is 12.0. The fourth-order valence-corrected chi connectivity index (χ4v) is 5.66. The van der Waals surface area contributed by atoms with Crippen LogP contribution in [0.1, 0.15) is 55.5 Å². The molecule has 3 heterocycles. The lowest BCUT2D eigenvalue weighted by atomic mass is 9.97. The number of benzene rings is 3. The van der Waals surface area contributed by atoms with E-state index in [1.807, 2.05) is 59.5 Å². The number of likely N-dealkylation sites (tertiary alicyclic amines) is 1. The minimum atomic E-state index is -0.717. The van der Waals surface area contributed by atoms with Gasteiger partial charge in [0.25, 0.3) is 0 Å². The third kappa shape index (κ3) is 5.81. The van der Waals surface area contributed by atoms with Gasteiger partial charge in [0.1, 0.15) is 17.2 Å². The Hall–Kier alpha value is -4.79. The summed E-state index contributed by atoms with van der Waals surface area (Å²) in [6.45, 7) is 2.45. The SMILES string of the molecule is C[C@H](NC(=O)[C@H](CC(=O)N1CCC[C@@H]1c1ccccc1)Cc1nc2ccccc2o1)c1ncc(-c2ccccc2F)[nH]1. The van der Waals surface area contributed by atoms with Crippen LogP contribution >= 0.6 is 0 Å². The molecule has 0 spiro atoms. The van der Waals surface area contributed by atoms with Gasteiger partial charge in [-0.25, -0.2) is 14.4 Å². The second-order valence-corrected chi connectivity index (χ2v) is 10.7. The molecular weight excluding hydrogens is 533 g/mol. The van der Waals surface area contributed by atoms with Crippen LogP contribution in [0.25, 0.3) is 22.4 Å². The molecule has 2 aromatic heterocycles. The Morgan fingerprint density at radius 1 is 1.07 bits per heavy atom. The summed E-state index contributed by atoms with van der Waals surface area (Å²) in [6.07, 6.45) is 3.53.